The molecule has 0 radical (unpaired) electrons. The zero-order chi connectivity index (χ0) is 16.6. The molecule has 0 saturated carbocycles. The van der Waals surface area contributed by atoms with Crippen molar-refractivity contribution >= 4 is 56.8 Å². The van der Waals surface area contributed by atoms with Crippen molar-refractivity contribution in [1.82, 2.24) is 5.32 Å². The van der Waals surface area contributed by atoms with Crippen LogP contribution in [0.25, 0.3) is 6.08 Å². The van der Waals surface area contributed by atoms with Gasteiger partial charge in [0, 0.05) is 4.47 Å². The zero-order valence-corrected chi connectivity index (χ0v) is 14.4. The van der Waals surface area contributed by atoms with Gasteiger partial charge in [-0.3, -0.25) is 19.8 Å². The van der Waals surface area contributed by atoms with E-state index in [0.29, 0.717) is 17.2 Å². The van der Waals surface area contributed by atoms with Crippen LogP contribution < -0.4 is 10.2 Å². The van der Waals surface area contributed by atoms with E-state index >= 15 is 0 Å². The highest BCUT2D eigenvalue weighted by Crippen LogP contribution is 2.24. The van der Waals surface area contributed by atoms with E-state index in [1.54, 1.807) is 43.3 Å². The van der Waals surface area contributed by atoms with Gasteiger partial charge < -0.3 is 4.42 Å². The number of amides is 2. The quantitative estimate of drug-likeness (QED) is 0.485. The molecule has 0 aliphatic carbocycles. The largest absolute Gasteiger partial charge is 0.462 e. The normalized spacial score (nSPS) is 16.9. The number of nitrogens with zero attached hydrogens (tertiary/aromatic N) is 1. The van der Waals surface area contributed by atoms with Gasteiger partial charge in [0.25, 0.3) is 11.8 Å². The van der Waals surface area contributed by atoms with Crippen molar-refractivity contribution in [3.63, 3.8) is 0 Å². The first-order valence-corrected chi connectivity index (χ1v) is 7.89. The van der Waals surface area contributed by atoms with Crippen LogP contribution in [0.2, 0.25) is 0 Å². The van der Waals surface area contributed by atoms with Crippen molar-refractivity contribution in [3.8, 4) is 0 Å². The molecule has 1 aromatic heterocycles. The number of thiocarbonyl (C=S) groups is 1. The first-order chi connectivity index (χ1) is 11.0. The first-order valence-electron chi connectivity index (χ1n) is 6.69. The zero-order valence-electron chi connectivity index (χ0n) is 12.0. The van der Waals surface area contributed by atoms with Crippen LogP contribution in [0.1, 0.15) is 11.5 Å². The second-order valence-corrected chi connectivity index (χ2v) is 6.19. The van der Waals surface area contributed by atoms with Gasteiger partial charge in [0.1, 0.15) is 17.1 Å². The fraction of sp³-hybridized carbons (Fsp3) is 0.0625. The van der Waals surface area contributed by atoms with Gasteiger partial charge in [-0.25, -0.2) is 0 Å². The van der Waals surface area contributed by atoms with Crippen LogP contribution in [0.4, 0.5) is 5.69 Å². The molecule has 0 unspecified atom stereocenters. The number of aryl methyl sites for hydroxylation is 1. The van der Waals surface area contributed by atoms with Crippen molar-refractivity contribution in [1.29, 1.82) is 0 Å². The molecule has 1 fully saturated rings. The molecule has 5 nitrogen and oxygen atoms in total. The highest BCUT2D eigenvalue weighted by molar-refractivity contribution is 9.10. The summed E-state index contributed by atoms with van der Waals surface area (Å²) >= 11 is 8.47. The molecule has 0 atom stereocenters. The second-order valence-electron chi connectivity index (χ2n) is 4.88. The van der Waals surface area contributed by atoms with Gasteiger partial charge in [-0.2, -0.15) is 0 Å². The Morgan fingerprint density at radius 2 is 1.87 bits per heavy atom. The molecule has 23 heavy (non-hydrogen) atoms. The van der Waals surface area contributed by atoms with Gasteiger partial charge in [-0.1, -0.05) is 15.9 Å². The van der Waals surface area contributed by atoms with Crippen LogP contribution in [0.15, 0.2) is 50.9 Å². The Bertz CT molecular complexity index is 839. The number of rotatable bonds is 2. The minimum Gasteiger partial charge on any atom is -0.462 e. The number of anilines is 1. The van der Waals surface area contributed by atoms with Crippen LogP contribution in [-0.2, 0) is 9.59 Å². The maximum atomic E-state index is 12.7. The Morgan fingerprint density at radius 3 is 2.48 bits per heavy atom. The maximum absolute atomic E-state index is 12.7. The average molecular weight is 391 g/mol. The van der Waals surface area contributed by atoms with Crippen LogP contribution in [-0.4, -0.2) is 16.9 Å². The molecule has 2 amide bonds. The number of furan rings is 1. The molecule has 2 heterocycles. The smallest absolute Gasteiger partial charge is 0.270 e. The van der Waals surface area contributed by atoms with E-state index in [1.165, 1.54) is 11.0 Å². The number of hydrogen-bond donors (Lipinski definition) is 1. The summed E-state index contributed by atoms with van der Waals surface area (Å²) in [7, 11) is 0. The van der Waals surface area contributed by atoms with Crippen molar-refractivity contribution in [2.24, 2.45) is 0 Å². The maximum Gasteiger partial charge on any atom is 0.270 e. The SMILES string of the molecule is Cc1ccc(C=C2C(=O)NC(=S)N(c3ccc(Br)cc3)C2=O)o1. The van der Waals surface area contributed by atoms with E-state index in [1.807, 2.05) is 0 Å². The number of benzene rings is 1. The third-order valence-electron chi connectivity index (χ3n) is 3.23. The summed E-state index contributed by atoms with van der Waals surface area (Å²) in [5.74, 6) is 0.0999. The van der Waals surface area contributed by atoms with Gasteiger partial charge >= 0.3 is 0 Å². The fourth-order valence-electron chi connectivity index (χ4n) is 2.16. The standard InChI is InChI=1S/C16H11BrN2O3S/c1-9-2-7-12(22-9)8-13-14(20)18-16(23)19(15(13)21)11-5-3-10(17)4-6-11/h2-8H,1H3,(H,18,20,23). The summed E-state index contributed by atoms with van der Waals surface area (Å²) in [6.07, 6.45) is 1.41. The van der Waals surface area contributed by atoms with E-state index in [9.17, 15) is 9.59 Å². The molecule has 0 spiro atoms. The summed E-state index contributed by atoms with van der Waals surface area (Å²) in [6, 6.07) is 10.5. The summed E-state index contributed by atoms with van der Waals surface area (Å²) in [5.41, 5.74) is 0.542. The fourth-order valence-corrected chi connectivity index (χ4v) is 2.70. The Hall–Kier alpha value is -2.25. The number of carbonyl (C=O) groups is 2. The van der Waals surface area contributed by atoms with Crippen LogP contribution in [0.3, 0.4) is 0 Å². The first kappa shape index (κ1) is 15.6. The summed E-state index contributed by atoms with van der Waals surface area (Å²) < 4.78 is 6.28. The Kier molecular flexibility index (Phi) is 4.14. The molecular weight excluding hydrogens is 380 g/mol. The van der Waals surface area contributed by atoms with E-state index in [4.69, 9.17) is 16.6 Å². The van der Waals surface area contributed by atoms with Gasteiger partial charge in [-0.05, 0) is 61.6 Å². The topological polar surface area (TPSA) is 62.6 Å². The van der Waals surface area contributed by atoms with E-state index in [2.05, 4.69) is 21.2 Å². The van der Waals surface area contributed by atoms with Crippen LogP contribution >= 0.6 is 28.1 Å². The molecule has 3 rings (SSSR count). The number of hydrogen-bond acceptors (Lipinski definition) is 4. The Morgan fingerprint density at radius 1 is 1.17 bits per heavy atom. The van der Waals surface area contributed by atoms with Gasteiger partial charge in [0.15, 0.2) is 5.11 Å². The van der Waals surface area contributed by atoms with Gasteiger partial charge in [-0.15, -0.1) is 0 Å². The van der Waals surface area contributed by atoms with Crippen molar-refractivity contribution in [3.05, 3.63) is 58.0 Å². The molecule has 7 heteroatoms. The number of halogens is 1. The van der Waals surface area contributed by atoms with E-state index in [-0.39, 0.29) is 10.7 Å². The van der Waals surface area contributed by atoms with Gasteiger partial charge in [0.2, 0.25) is 0 Å². The molecule has 1 saturated heterocycles. The van der Waals surface area contributed by atoms with Crippen LogP contribution in [0.5, 0.6) is 0 Å². The molecular formula is C16H11BrN2O3S. The van der Waals surface area contributed by atoms with Crippen molar-refractivity contribution in [2.45, 2.75) is 6.92 Å². The lowest BCUT2D eigenvalue weighted by Gasteiger charge is -2.28. The van der Waals surface area contributed by atoms with E-state index in [0.717, 1.165) is 4.47 Å². The average Bonchev–Trinajstić information content (AvgIpc) is 2.91. The lowest BCUT2D eigenvalue weighted by Crippen LogP contribution is -2.54. The Labute approximate surface area is 146 Å². The molecule has 2 aromatic rings. The van der Waals surface area contributed by atoms with Crippen LogP contribution in [0, 0.1) is 6.92 Å². The summed E-state index contributed by atoms with van der Waals surface area (Å²) in [5, 5.41) is 2.58. The minimum atomic E-state index is -0.539. The lowest BCUT2D eigenvalue weighted by molar-refractivity contribution is -0.122. The highest BCUT2D eigenvalue weighted by atomic mass is 79.9. The number of carbonyl (C=O) groups excluding carboxylic acids is 2. The molecule has 1 N–H and O–H groups in total. The molecule has 1 aliphatic rings. The molecule has 0 bridgehead atoms. The minimum absolute atomic E-state index is 0.0316. The molecule has 116 valence electrons. The molecule has 1 aliphatic heterocycles. The predicted octanol–water partition coefficient (Wildman–Crippen LogP) is 3.18. The molecule has 1 aromatic carbocycles. The third-order valence-corrected chi connectivity index (χ3v) is 4.05. The van der Waals surface area contributed by atoms with Crippen molar-refractivity contribution in [2.75, 3.05) is 4.90 Å². The van der Waals surface area contributed by atoms with E-state index < -0.39 is 11.8 Å². The van der Waals surface area contributed by atoms with Crippen molar-refractivity contribution < 1.29 is 14.0 Å². The summed E-state index contributed by atoms with van der Waals surface area (Å²) in [4.78, 5) is 26.1. The monoisotopic (exact) mass is 390 g/mol. The summed E-state index contributed by atoms with van der Waals surface area (Å²) in [6.45, 7) is 1.79. The lowest BCUT2D eigenvalue weighted by atomic mass is 10.1. The second kappa shape index (κ2) is 6.10. The number of nitrogens with one attached hydrogen (secondary N) is 1. The van der Waals surface area contributed by atoms with Gasteiger partial charge in [0.05, 0.1) is 5.69 Å². The third kappa shape index (κ3) is 3.11. The highest BCUT2D eigenvalue weighted by Gasteiger charge is 2.34. The Balaban J connectivity index is 2.00. The predicted molar refractivity (Wildman–Crippen MR) is 93.8 cm³/mol.